The van der Waals surface area contributed by atoms with E-state index >= 15 is 0 Å². The quantitative estimate of drug-likeness (QED) is 0.897. The number of carbonyl (C=O) groups excluding carboxylic acids is 1. The molecule has 0 aliphatic rings. The lowest BCUT2D eigenvalue weighted by Crippen LogP contribution is -2.18. The van der Waals surface area contributed by atoms with E-state index in [0.717, 1.165) is 12.1 Å². The van der Waals surface area contributed by atoms with Crippen LogP contribution in [0.15, 0.2) is 45.9 Å². The highest BCUT2D eigenvalue weighted by molar-refractivity contribution is 7.89. The van der Waals surface area contributed by atoms with Crippen LogP contribution in [0.5, 0.6) is 0 Å². The van der Waals surface area contributed by atoms with Crippen LogP contribution in [0.2, 0.25) is 0 Å². The molecule has 0 radical (unpaired) electrons. The van der Waals surface area contributed by atoms with Crippen LogP contribution in [0.3, 0.4) is 0 Å². The molecule has 2 N–H and O–H groups in total. The molecular weight excluding hydrogens is 287 g/mol. The molecule has 0 aliphatic carbocycles. The molecule has 20 heavy (non-hydrogen) atoms. The lowest BCUT2D eigenvalue weighted by Gasteiger charge is -2.02. The van der Waals surface area contributed by atoms with Crippen LogP contribution in [0.4, 0.5) is 10.1 Å². The molecule has 6 nitrogen and oxygen atoms in total. The molecule has 0 fully saturated rings. The van der Waals surface area contributed by atoms with Crippen molar-refractivity contribution >= 4 is 21.6 Å². The summed E-state index contributed by atoms with van der Waals surface area (Å²) in [6.07, 6.45) is 0. The van der Waals surface area contributed by atoms with Crippen molar-refractivity contribution in [3.05, 3.63) is 48.0 Å². The number of hydrogen-bond donors (Lipinski definition) is 2. The minimum absolute atomic E-state index is 0.192. The van der Waals surface area contributed by atoms with Gasteiger partial charge in [0, 0.05) is 5.69 Å². The molecule has 8 heteroatoms. The summed E-state index contributed by atoms with van der Waals surface area (Å²) in [6, 6.07) is 7.68. The molecule has 2 rings (SSSR count). The molecule has 1 amide bonds. The molecule has 0 unspecified atom stereocenters. The molecule has 1 aromatic carbocycles. The Bertz CT molecular complexity index is 739. The number of furan rings is 1. The van der Waals surface area contributed by atoms with Gasteiger partial charge in [0.15, 0.2) is 5.76 Å². The van der Waals surface area contributed by atoms with Gasteiger partial charge in [-0.2, -0.15) is 0 Å². The fourth-order valence-corrected chi connectivity index (χ4v) is 2.09. The van der Waals surface area contributed by atoms with Crippen LogP contribution >= 0.6 is 0 Å². The predicted molar refractivity (Wildman–Crippen MR) is 69.3 cm³/mol. The first-order valence-corrected chi connectivity index (χ1v) is 7.01. The van der Waals surface area contributed by atoms with Crippen LogP contribution in [0, 0.1) is 5.82 Å². The maximum atomic E-state index is 13.0. The van der Waals surface area contributed by atoms with E-state index in [4.69, 9.17) is 4.42 Å². The molecule has 1 heterocycles. The Balaban J connectivity index is 2.19. The Morgan fingerprint density at radius 3 is 2.65 bits per heavy atom. The molecule has 106 valence electrons. The average molecular weight is 298 g/mol. The fourth-order valence-electron chi connectivity index (χ4n) is 1.45. The molecule has 0 aliphatic heterocycles. The van der Waals surface area contributed by atoms with Crippen LogP contribution in [-0.4, -0.2) is 21.4 Å². The number of carbonyl (C=O) groups is 1. The largest absolute Gasteiger partial charge is 0.438 e. The van der Waals surface area contributed by atoms with E-state index in [9.17, 15) is 17.6 Å². The molecule has 0 atom stereocenters. The first-order chi connectivity index (χ1) is 9.42. The zero-order valence-electron chi connectivity index (χ0n) is 10.4. The summed E-state index contributed by atoms with van der Waals surface area (Å²) in [4.78, 5) is 11.8. The van der Waals surface area contributed by atoms with Crippen LogP contribution < -0.4 is 10.0 Å². The van der Waals surface area contributed by atoms with Gasteiger partial charge in [0.1, 0.15) is 5.82 Å². The summed E-state index contributed by atoms with van der Waals surface area (Å²) in [5.74, 6) is -1.36. The van der Waals surface area contributed by atoms with Crippen molar-refractivity contribution < 1.29 is 22.0 Å². The van der Waals surface area contributed by atoms with E-state index in [1.807, 2.05) is 0 Å². The third-order valence-corrected chi connectivity index (χ3v) is 3.71. The second-order valence-corrected chi connectivity index (χ2v) is 5.61. The Kier molecular flexibility index (Phi) is 3.86. The number of rotatable bonds is 4. The van der Waals surface area contributed by atoms with E-state index < -0.39 is 21.7 Å². The number of amides is 1. The average Bonchev–Trinajstić information content (AvgIpc) is 2.89. The number of sulfonamides is 1. The van der Waals surface area contributed by atoms with Gasteiger partial charge in [0.05, 0.1) is 0 Å². The van der Waals surface area contributed by atoms with Gasteiger partial charge < -0.3 is 9.73 Å². The monoisotopic (exact) mass is 298 g/mol. The van der Waals surface area contributed by atoms with Crippen LogP contribution in [0.25, 0.3) is 0 Å². The van der Waals surface area contributed by atoms with Crippen LogP contribution in [-0.2, 0) is 10.0 Å². The Labute approximate surface area is 114 Å². The molecule has 0 saturated heterocycles. The zero-order chi connectivity index (χ0) is 14.8. The third kappa shape index (κ3) is 3.03. The number of anilines is 1. The molecule has 0 spiro atoms. The highest BCUT2D eigenvalue weighted by atomic mass is 32.2. The van der Waals surface area contributed by atoms with Gasteiger partial charge >= 0.3 is 0 Å². The Morgan fingerprint density at radius 1 is 1.25 bits per heavy atom. The van der Waals surface area contributed by atoms with Gasteiger partial charge in [0.25, 0.3) is 15.9 Å². The summed E-state index contributed by atoms with van der Waals surface area (Å²) in [5, 5.41) is 2.02. The standard InChI is InChI=1S/C12H11FN2O4S/c1-14-20(17,18)11-6-5-10(19-11)12(16)15-9-4-2-3-8(13)7-9/h2-7,14H,1H3,(H,15,16). The van der Waals surface area contributed by atoms with E-state index in [-0.39, 0.29) is 16.5 Å². The summed E-state index contributed by atoms with van der Waals surface area (Å²) < 4.78 is 42.9. The minimum Gasteiger partial charge on any atom is -0.438 e. The summed E-state index contributed by atoms with van der Waals surface area (Å²) in [7, 11) is -2.52. The lowest BCUT2D eigenvalue weighted by molar-refractivity contribution is 0.0991. The topological polar surface area (TPSA) is 88.4 Å². The van der Waals surface area contributed by atoms with E-state index in [0.29, 0.717) is 0 Å². The third-order valence-electron chi connectivity index (χ3n) is 2.42. The summed E-state index contributed by atoms with van der Waals surface area (Å²) in [5.41, 5.74) is 0.240. The van der Waals surface area contributed by atoms with Crippen molar-refractivity contribution in [3.8, 4) is 0 Å². The number of nitrogens with one attached hydrogen (secondary N) is 2. The normalized spacial score (nSPS) is 11.3. The first-order valence-electron chi connectivity index (χ1n) is 5.52. The minimum atomic E-state index is -3.75. The van der Waals surface area contributed by atoms with E-state index in [1.54, 1.807) is 0 Å². The Hall–Kier alpha value is -2.19. The molecule has 1 aromatic heterocycles. The molecule has 0 saturated carbocycles. The maximum Gasteiger partial charge on any atom is 0.291 e. The second-order valence-electron chi connectivity index (χ2n) is 3.79. The van der Waals surface area contributed by atoms with Gasteiger partial charge in [-0.3, -0.25) is 4.79 Å². The van der Waals surface area contributed by atoms with E-state index in [1.165, 1.54) is 31.3 Å². The van der Waals surface area contributed by atoms with Crippen molar-refractivity contribution in [3.63, 3.8) is 0 Å². The van der Waals surface area contributed by atoms with Gasteiger partial charge in [-0.1, -0.05) is 6.07 Å². The molecule has 2 aromatic rings. The van der Waals surface area contributed by atoms with Gasteiger partial charge in [0.2, 0.25) is 5.09 Å². The van der Waals surface area contributed by atoms with Gasteiger partial charge in [-0.15, -0.1) is 0 Å². The predicted octanol–water partition coefficient (Wildman–Crippen LogP) is 1.58. The zero-order valence-corrected chi connectivity index (χ0v) is 11.2. The van der Waals surface area contributed by atoms with Gasteiger partial charge in [-0.05, 0) is 37.4 Å². The number of benzene rings is 1. The first kappa shape index (κ1) is 14.2. The number of hydrogen-bond acceptors (Lipinski definition) is 4. The highest BCUT2D eigenvalue weighted by Gasteiger charge is 2.19. The van der Waals surface area contributed by atoms with Crippen molar-refractivity contribution in [2.75, 3.05) is 12.4 Å². The summed E-state index contributed by atoms with van der Waals surface area (Å²) >= 11 is 0. The van der Waals surface area contributed by atoms with E-state index in [2.05, 4.69) is 10.0 Å². The fraction of sp³-hybridized carbons (Fsp3) is 0.0833. The van der Waals surface area contributed by atoms with Crippen molar-refractivity contribution in [1.29, 1.82) is 0 Å². The van der Waals surface area contributed by atoms with Crippen molar-refractivity contribution in [1.82, 2.24) is 4.72 Å². The molecular formula is C12H11FN2O4S. The van der Waals surface area contributed by atoms with Crippen molar-refractivity contribution in [2.24, 2.45) is 0 Å². The SMILES string of the molecule is CNS(=O)(=O)c1ccc(C(=O)Nc2cccc(F)c2)o1. The second kappa shape index (κ2) is 5.43. The smallest absolute Gasteiger partial charge is 0.291 e. The van der Waals surface area contributed by atoms with Crippen molar-refractivity contribution in [2.45, 2.75) is 5.09 Å². The highest BCUT2D eigenvalue weighted by Crippen LogP contribution is 2.16. The Morgan fingerprint density at radius 2 is 2.00 bits per heavy atom. The van der Waals surface area contributed by atoms with Gasteiger partial charge in [-0.25, -0.2) is 17.5 Å². The lowest BCUT2D eigenvalue weighted by atomic mass is 10.3. The molecule has 0 bridgehead atoms. The maximum absolute atomic E-state index is 13.0. The number of halogens is 1. The van der Waals surface area contributed by atoms with Crippen LogP contribution in [0.1, 0.15) is 10.6 Å². The summed E-state index contributed by atoms with van der Waals surface area (Å²) in [6.45, 7) is 0.